The lowest BCUT2D eigenvalue weighted by Gasteiger charge is -2.14. The van der Waals surface area contributed by atoms with Gasteiger partial charge in [0.15, 0.2) is 0 Å². The summed E-state index contributed by atoms with van der Waals surface area (Å²) in [5.41, 5.74) is 7.28. The summed E-state index contributed by atoms with van der Waals surface area (Å²) in [7, 11) is 3.03. The van der Waals surface area contributed by atoms with E-state index in [1.807, 2.05) is 0 Å². The highest BCUT2D eigenvalue weighted by Gasteiger charge is 2.15. The number of ether oxygens (including phenoxy) is 2. The molecular formula is C15H15ClFNO2. The van der Waals surface area contributed by atoms with E-state index in [2.05, 4.69) is 0 Å². The molecule has 0 aliphatic rings. The predicted molar refractivity (Wildman–Crippen MR) is 77.8 cm³/mol. The molecule has 2 aromatic carbocycles. The van der Waals surface area contributed by atoms with Gasteiger partial charge in [0.25, 0.3) is 0 Å². The molecule has 5 heteroatoms. The van der Waals surface area contributed by atoms with Gasteiger partial charge in [0.2, 0.25) is 0 Å². The van der Waals surface area contributed by atoms with E-state index in [0.29, 0.717) is 33.2 Å². The molecule has 0 saturated carbocycles. The lowest BCUT2D eigenvalue weighted by atomic mass is 10.0. The standard InChI is InChI=1S/C15H15ClFNO2/c1-19-13-6-5-11(15(20-2)14(13)16)9-3-4-10(8-18)12(17)7-9/h3-7H,8,18H2,1-2H3. The number of hydrogen-bond acceptors (Lipinski definition) is 3. The minimum Gasteiger partial charge on any atom is -0.495 e. The Morgan fingerprint density at radius 3 is 2.45 bits per heavy atom. The highest BCUT2D eigenvalue weighted by molar-refractivity contribution is 6.34. The molecule has 0 unspecified atom stereocenters. The summed E-state index contributed by atoms with van der Waals surface area (Å²) in [4.78, 5) is 0. The van der Waals surface area contributed by atoms with Crippen molar-refractivity contribution in [1.29, 1.82) is 0 Å². The van der Waals surface area contributed by atoms with Crippen LogP contribution in [0, 0.1) is 5.82 Å². The molecule has 0 aliphatic heterocycles. The summed E-state index contributed by atoms with van der Waals surface area (Å²) >= 11 is 6.20. The largest absolute Gasteiger partial charge is 0.495 e. The molecule has 0 saturated heterocycles. The number of halogens is 2. The van der Waals surface area contributed by atoms with Gasteiger partial charge in [-0.1, -0.05) is 23.7 Å². The first-order valence-electron chi connectivity index (χ1n) is 6.01. The van der Waals surface area contributed by atoms with E-state index in [9.17, 15) is 4.39 Å². The number of hydrogen-bond donors (Lipinski definition) is 1. The van der Waals surface area contributed by atoms with E-state index >= 15 is 0 Å². The van der Waals surface area contributed by atoms with E-state index in [-0.39, 0.29) is 12.4 Å². The van der Waals surface area contributed by atoms with Crippen molar-refractivity contribution in [3.63, 3.8) is 0 Å². The van der Waals surface area contributed by atoms with Crippen LogP contribution in [-0.2, 0) is 6.54 Å². The number of rotatable bonds is 4. The molecule has 2 rings (SSSR count). The fourth-order valence-electron chi connectivity index (χ4n) is 2.00. The van der Waals surface area contributed by atoms with Gasteiger partial charge >= 0.3 is 0 Å². The third-order valence-electron chi connectivity index (χ3n) is 3.07. The topological polar surface area (TPSA) is 44.5 Å². The molecule has 0 aliphatic carbocycles. The fourth-order valence-corrected chi connectivity index (χ4v) is 2.32. The van der Waals surface area contributed by atoms with Crippen LogP contribution in [0.5, 0.6) is 11.5 Å². The normalized spacial score (nSPS) is 10.4. The van der Waals surface area contributed by atoms with Crippen molar-refractivity contribution in [3.8, 4) is 22.6 Å². The Labute approximate surface area is 122 Å². The third-order valence-corrected chi connectivity index (χ3v) is 3.43. The maximum Gasteiger partial charge on any atom is 0.149 e. The Morgan fingerprint density at radius 1 is 1.15 bits per heavy atom. The second kappa shape index (κ2) is 6.11. The summed E-state index contributed by atoms with van der Waals surface area (Å²) in [5, 5.41) is 0.357. The first-order valence-corrected chi connectivity index (χ1v) is 6.39. The van der Waals surface area contributed by atoms with Crippen LogP contribution < -0.4 is 15.2 Å². The van der Waals surface area contributed by atoms with E-state index in [1.165, 1.54) is 20.3 Å². The van der Waals surface area contributed by atoms with Crippen LogP contribution in [0.25, 0.3) is 11.1 Å². The van der Waals surface area contributed by atoms with Crippen molar-refractivity contribution < 1.29 is 13.9 Å². The van der Waals surface area contributed by atoms with Crippen molar-refractivity contribution >= 4 is 11.6 Å². The highest BCUT2D eigenvalue weighted by atomic mass is 35.5. The van der Waals surface area contributed by atoms with Crippen molar-refractivity contribution in [2.45, 2.75) is 6.54 Å². The first kappa shape index (κ1) is 14.6. The highest BCUT2D eigenvalue weighted by Crippen LogP contribution is 2.41. The monoisotopic (exact) mass is 295 g/mol. The average Bonchev–Trinajstić information content (AvgIpc) is 2.46. The van der Waals surface area contributed by atoms with Gasteiger partial charge < -0.3 is 15.2 Å². The quantitative estimate of drug-likeness (QED) is 0.937. The summed E-state index contributed by atoms with van der Waals surface area (Å²) in [6, 6.07) is 8.35. The molecule has 20 heavy (non-hydrogen) atoms. The van der Waals surface area contributed by atoms with Crippen molar-refractivity contribution in [3.05, 3.63) is 46.7 Å². The summed E-state index contributed by atoms with van der Waals surface area (Å²) in [6.45, 7) is 0.159. The Bertz CT molecular complexity index is 632. The molecule has 3 nitrogen and oxygen atoms in total. The Hall–Kier alpha value is -1.78. The molecule has 0 amide bonds. The molecule has 2 N–H and O–H groups in total. The van der Waals surface area contributed by atoms with Gasteiger partial charge in [-0.05, 0) is 23.8 Å². The van der Waals surface area contributed by atoms with Crippen molar-refractivity contribution in [1.82, 2.24) is 0 Å². The zero-order valence-corrected chi connectivity index (χ0v) is 12.0. The molecule has 0 aromatic heterocycles. The van der Waals surface area contributed by atoms with E-state index in [0.717, 1.165) is 0 Å². The lowest BCUT2D eigenvalue weighted by Crippen LogP contribution is -2.00. The minimum atomic E-state index is -0.348. The molecule has 0 radical (unpaired) electrons. The van der Waals surface area contributed by atoms with Gasteiger partial charge in [-0.2, -0.15) is 0 Å². The van der Waals surface area contributed by atoms with Crippen LogP contribution in [0.2, 0.25) is 5.02 Å². The summed E-state index contributed by atoms with van der Waals surface area (Å²) in [6.07, 6.45) is 0. The van der Waals surface area contributed by atoms with Crippen LogP contribution in [0.15, 0.2) is 30.3 Å². The molecule has 106 valence electrons. The Kier molecular flexibility index (Phi) is 4.47. The molecular weight excluding hydrogens is 281 g/mol. The summed E-state index contributed by atoms with van der Waals surface area (Å²) < 4.78 is 24.3. The summed E-state index contributed by atoms with van der Waals surface area (Å²) in [5.74, 6) is 0.608. The van der Waals surface area contributed by atoms with Crippen LogP contribution in [-0.4, -0.2) is 14.2 Å². The zero-order valence-electron chi connectivity index (χ0n) is 11.2. The molecule has 0 spiro atoms. The molecule has 0 atom stereocenters. The van der Waals surface area contributed by atoms with Gasteiger partial charge in [0.1, 0.15) is 22.3 Å². The second-order valence-electron chi connectivity index (χ2n) is 4.17. The van der Waals surface area contributed by atoms with Crippen LogP contribution in [0.4, 0.5) is 4.39 Å². The number of nitrogens with two attached hydrogens (primary N) is 1. The van der Waals surface area contributed by atoms with Crippen LogP contribution in [0.1, 0.15) is 5.56 Å². The smallest absolute Gasteiger partial charge is 0.149 e. The van der Waals surface area contributed by atoms with Gasteiger partial charge in [-0.15, -0.1) is 0 Å². The van der Waals surface area contributed by atoms with Crippen molar-refractivity contribution in [2.24, 2.45) is 5.73 Å². The van der Waals surface area contributed by atoms with Gasteiger partial charge in [-0.3, -0.25) is 0 Å². The predicted octanol–water partition coefficient (Wildman–Crippen LogP) is 3.62. The fraction of sp³-hybridized carbons (Fsp3) is 0.200. The molecule has 2 aromatic rings. The lowest BCUT2D eigenvalue weighted by molar-refractivity contribution is 0.396. The van der Waals surface area contributed by atoms with Crippen LogP contribution >= 0.6 is 11.6 Å². The number of benzene rings is 2. The zero-order chi connectivity index (χ0) is 14.7. The SMILES string of the molecule is COc1ccc(-c2ccc(CN)c(F)c2)c(OC)c1Cl. The van der Waals surface area contributed by atoms with E-state index in [4.69, 9.17) is 26.8 Å². The van der Waals surface area contributed by atoms with Gasteiger partial charge in [-0.25, -0.2) is 4.39 Å². The first-order chi connectivity index (χ1) is 9.62. The van der Waals surface area contributed by atoms with Crippen LogP contribution in [0.3, 0.4) is 0 Å². The Morgan fingerprint density at radius 2 is 1.90 bits per heavy atom. The third kappa shape index (κ3) is 2.57. The molecule has 0 heterocycles. The van der Waals surface area contributed by atoms with Gasteiger partial charge in [0, 0.05) is 17.7 Å². The van der Waals surface area contributed by atoms with Gasteiger partial charge in [0.05, 0.1) is 14.2 Å². The van der Waals surface area contributed by atoms with Crippen molar-refractivity contribution in [2.75, 3.05) is 14.2 Å². The molecule has 0 bridgehead atoms. The van der Waals surface area contributed by atoms with E-state index < -0.39 is 0 Å². The number of methoxy groups -OCH3 is 2. The maximum atomic E-state index is 13.8. The Balaban J connectivity index is 2.58. The maximum absolute atomic E-state index is 13.8. The minimum absolute atomic E-state index is 0.159. The second-order valence-corrected chi connectivity index (χ2v) is 4.55. The average molecular weight is 296 g/mol. The van der Waals surface area contributed by atoms with E-state index in [1.54, 1.807) is 24.3 Å². The molecule has 0 fully saturated rings.